The number of benzene rings is 1. The van der Waals surface area contributed by atoms with Gasteiger partial charge in [-0.1, -0.05) is 25.3 Å². The Bertz CT molecular complexity index is 830. The Morgan fingerprint density at radius 3 is 2.42 bits per heavy atom. The van der Waals surface area contributed by atoms with Crippen molar-refractivity contribution in [2.24, 2.45) is 5.92 Å². The standard InChI is InChI=1S/C19H23N3O3S/c23-19(14-15-6-2-1-3-7-15)21-16-9-11-17(12-10-16)26(24,25)22-18-8-4-5-13-20-18/h4-5,8-13,15H,1-3,6-7,14H2,(H,20,22)(H,21,23). The molecule has 1 heterocycles. The highest BCUT2D eigenvalue weighted by molar-refractivity contribution is 7.92. The predicted molar refractivity (Wildman–Crippen MR) is 101 cm³/mol. The average Bonchev–Trinajstić information content (AvgIpc) is 2.63. The topological polar surface area (TPSA) is 88.2 Å². The average molecular weight is 373 g/mol. The van der Waals surface area contributed by atoms with Crippen molar-refractivity contribution in [2.75, 3.05) is 10.0 Å². The molecule has 1 fully saturated rings. The maximum atomic E-state index is 12.4. The van der Waals surface area contributed by atoms with E-state index in [4.69, 9.17) is 0 Å². The van der Waals surface area contributed by atoms with Gasteiger partial charge in [0.25, 0.3) is 10.0 Å². The number of amides is 1. The second-order valence-corrected chi connectivity index (χ2v) is 8.28. The normalized spacial score (nSPS) is 15.4. The van der Waals surface area contributed by atoms with Crippen molar-refractivity contribution < 1.29 is 13.2 Å². The zero-order chi connectivity index (χ0) is 18.4. The van der Waals surface area contributed by atoms with Crippen LogP contribution < -0.4 is 10.0 Å². The number of hydrogen-bond donors (Lipinski definition) is 2. The molecule has 6 nitrogen and oxygen atoms in total. The summed E-state index contributed by atoms with van der Waals surface area (Å²) >= 11 is 0. The maximum absolute atomic E-state index is 12.4. The number of carbonyl (C=O) groups is 1. The molecular formula is C19H23N3O3S. The van der Waals surface area contributed by atoms with Crippen LogP contribution in [-0.2, 0) is 14.8 Å². The molecule has 1 aliphatic carbocycles. The fourth-order valence-corrected chi connectivity index (χ4v) is 4.21. The quantitative estimate of drug-likeness (QED) is 0.806. The van der Waals surface area contributed by atoms with E-state index >= 15 is 0 Å². The lowest BCUT2D eigenvalue weighted by molar-refractivity contribution is -0.117. The van der Waals surface area contributed by atoms with E-state index in [1.165, 1.54) is 37.6 Å². The summed E-state index contributed by atoms with van der Waals surface area (Å²) in [6.07, 6.45) is 7.94. The Morgan fingerprint density at radius 2 is 1.77 bits per heavy atom. The number of nitrogens with zero attached hydrogens (tertiary/aromatic N) is 1. The third-order valence-electron chi connectivity index (χ3n) is 4.55. The largest absolute Gasteiger partial charge is 0.326 e. The Morgan fingerprint density at radius 1 is 1.04 bits per heavy atom. The summed E-state index contributed by atoms with van der Waals surface area (Å²) in [6, 6.07) is 11.1. The Labute approximate surface area is 154 Å². The lowest BCUT2D eigenvalue weighted by Crippen LogP contribution is -2.18. The first-order valence-electron chi connectivity index (χ1n) is 8.87. The molecule has 138 valence electrons. The van der Waals surface area contributed by atoms with Gasteiger partial charge in [0, 0.05) is 18.3 Å². The summed E-state index contributed by atoms with van der Waals surface area (Å²) < 4.78 is 27.1. The fourth-order valence-electron chi connectivity index (χ4n) is 3.20. The summed E-state index contributed by atoms with van der Waals surface area (Å²) in [7, 11) is -3.71. The molecule has 3 rings (SSSR count). The van der Waals surface area contributed by atoms with Crippen LogP contribution in [-0.4, -0.2) is 19.3 Å². The lowest BCUT2D eigenvalue weighted by atomic mass is 9.87. The van der Waals surface area contributed by atoms with Gasteiger partial charge in [-0.15, -0.1) is 0 Å². The van der Waals surface area contributed by atoms with Crippen molar-refractivity contribution >= 4 is 27.4 Å². The number of rotatable bonds is 6. The first kappa shape index (κ1) is 18.4. The number of nitrogens with one attached hydrogen (secondary N) is 2. The van der Waals surface area contributed by atoms with E-state index in [0.29, 0.717) is 18.0 Å². The molecule has 0 radical (unpaired) electrons. The summed E-state index contributed by atoms with van der Waals surface area (Å²) in [4.78, 5) is 16.2. The summed E-state index contributed by atoms with van der Waals surface area (Å²) in [6.45, 7) is 0. The van der Waals surface area contributed by atoms with Crippen molar-refractivity contribution in [2.45, 2.75) is 43.4 Å². The SMILES string of the molecule is O=C(CC1CCCCC1)Nc1ccc(S(=O)(=O)Nc2ccccn2)cc1. The van der Waals surface area contributed by atoms with Crippen LogP contribution in [0.15, 0.2) is 53.6 Å². The number of pyridine rings is 1. The van der Waals surface area contributed by atoms with Gasteiger partial charge in [0.15, 0.2) is 0 Å². The van der Waals surface area contributed by atoms with Crippen LogP contribution >= 0.6 is 0 Å². The van der Waals surface area contributed by atoms with E-state index in [1.807, 2.05) is 0 Å². The zero-order valence-electron chi connectivity index (χ0n) is 14.5. The number of carbonyl (C=O) groups excluding carboxylic acids is 1. The molecule has 0 aliphatic heterocycles. The van der Waals surface area contributed by atoms with Gasteiger partial charge >= 0.3 is 0 Å². The highest BCUT2D eigenvalue weighted by atomic mass is 32.2. The molecule has 2 N–H and O–H groups in total. The number of aromatic nitrogens is 1. The Hall–Kier alpha value is -2.41. The van der Waals surface area contributed by atoms with Gasteiger partial charge in [0.2, 0.25) is 5.91 Å². The van der Waals surface area contributed by atoms with E-state index in [9.17, 15) is 13.2 Å². The van der Waals surface area contributed by atoms with Crippen molar-refractivity contribution in [3.05, 3.63) is 48.7 Å². The zero-order valence-corrected chi connectivity index (χ0v) is 15.3. The minimum atomic E-state index is -3.71. The van der Waals surface area contributed by atoms with Crippen molar-refractivity contribution in [3.63, 3.8) is 0 Å². The molecule has 0 unspecified atom stereocenters. The second-order valence-electron chi connectivity index (χ2n) is 6.60. The van der Waals surface area contributed by atoms with E-state index in [0.717, 1.165) is 12.8 Å². The van der Waals surface area contributed by atoms with Gasteiger partial charge < -0.3 is 5.32 Å². The molecule has 1 amide bonds. The van der Waals surface area contributed by atoms with Crippen LogP contribution in [0.4, 0.5) is 11.5 Å². The third-order valence-corrected chi connectivity index (χ3v) is 5.92. The smallest absolute Gasteiger partial charge is 0.263 e. The minimum Gasteiger partial charge on any atom is -0.326 e. The molecule has 0 saturated heterocycles. The van der Waals surface area contributed by atoms with Crippen molar-refractivity contribution in [1.82, 2.24) is 4.98 Å². The van der Waals surface area contributed by atoms with Gasteiger partial charge in [-0.25, -0.2) is 13.4 Å². The molecule has 1 aliphatic rings. The molecule has 2 aromatic rings. The molecular weight excluding hydrogens is 350 g/mol. The Balaban J connectivity index is 1.59. The van der Waals surface area contributed by atoms with E-state index in [2.05, 4.69) is 15.0 Å². The molecule has 0 bridgehead atoms. The minimum absolute atomic E-state index is 0.0147. The van der Waals surface area contributed by atoms with E-state index in [-0.39, 0.29) is 16.6 Å². The fraction of sp³-hybridized carbons (Fsp3) is 0.368. The third kappa shape index (κ3) is 5.05. The monoisotopic (exact) mass is 373 g/mol. The first-order chi connectivity index (χ1) is 12.5. The lowest BCUT2D eigenvalue weighted by Gasteiger charge is -2.20. The maximum Gasteiger partial charge on any atom is 0.263 e. The van der Waals surface area contributed by atoms with Crippen molar-refractivity contribution in [3.8, 4) is 0 Å². The van der Waals surface area contributed by atoms with Gasteiger partial charge in [0.05, 0.1) is 4.90 Å². The Kier molecular flexibility index (Phi) is 5.88. The summed E-state index contributed by atoms with van der Waals surface area (Å²) in [5, 5.41) is 2.85. The van der Waals surface area contributed by atoms with Crippen LogP contribution in [0, 0.1) is 5.92 Å². The van der Waals surface area contributed by atoms with Gasteiger partial charge in [-0.2, -0.15) is 0 Å². The van der Waals surface area contributed by atoms with Gasteiger partial charge in [-0.05, 0) is 55.2 Å². The van der Waals surface area contributed by atoms with Crippen LogP contribution in [0.1, 0.15) is 38.5 Å². The van der Waals surface area contributed by atoms with Crippen LogP contribution in [0.25, 0.3) is 0 Å². The molecule has 1 saturated carbocycles. The highest BCUT2D eigenvalue weighted by Gasteiger charge is 2.18. The molecule has 1 aromatic carbocycles. The molecule has 26 heavy (non-hydrogen) atoms. The molecule has 0 spiro atoms. The van der Waals surface area contributed by atoms with E-state index < -0.39 is 10.0 Å². The molecule has 0 atom stereocenters. The van der Waals surface area contributed by atoms with E-state index in [1.54, 1.807) is 30.3 Å². The summed E-state index contributed by atoms with van der Waals surface area (Å²) in [5.41, 5.74) is 0.600. The molecule has 7 heteroatoms. The van der Waals surface area contributed by atoms with Crippen LogP contribution in [0.5, 0.6) is 0 Å². The van der Waals surface area contributed by atoms with Gasteiger partial charge in [-0.3, -0.25) is 9.52 Å². The number of sulfonamides is 1. The molecule has 1 aromatic heterocycles. The number of anilines is 2. The van der Waals surface area contributed by atoms with Gasteiger partial charge in [0.1, 0.15) is 5.82 Å². The second kappa shape index (κ2) is 8.31. The van der Waals surface area contributed by atoms with Crippen LogP contribution in [0.3, 0.4) is 0 Å². The van der Waals surface area contributed by atoms with Crippen molar-refractivity contribution in [1.29, 1.82) is 0 Å². The van der Waals surface area contributed by atoms with Crippen LogP contribution in [0.2, 0.25) is 0 Å². The number of hydrogen-bond acceptors (Lipinski definition) is 4. The summed E-state index contributed by atoms with van der Waals surface area (Å²) in [5.74, 6) is 0.711. The predicted octanol–water partition coefficient (Wildman–Crippen LogP) is 3.79. The highest BCUT2D eigenvalue weighted by Crippen LogP contribution is 2.26. The first-order valence-corrected chi connectivity index (χ1v) is 10.3.